The van der Waals surface area contributed by atoms with E-state index in [1.807, 2.05) is 27.7 Å². The van der Waals surface area contributed by atoms with Crippen LogP contribution in [0, 0.1) is 23.5 Å². The van der Waals surface area contributed by atoms with Gasteiger partial charge in [-0.2, -0.15) is 9.37 Å². The van der Waals surface area contributed by atoms with Gasteiger partial charge < -0.3 is 4.90 Å². The molecule has 0 N–H and O–H groups in total. The number of aromatic nitrogens is 1. The Kier molecular flexibility index (Phi) is 5.63. The Morgan fingerprint density at radius 2 is 1.68 bits per heavy atom. The van der Waals surface area contributed by atoms with Gasteiger partial charge in [-0.25, -0.2) is 8.78 Å². The van der Waals surface area contributed by atoms with Gasteiger partial charge in [0, 0.05) is 18.7 Å². The molecule has 1 aromatic heterocycles. The van der Waals surface area contributed by atoms with E-state index in [2.05, 4.69) is 4.98 Å². The summed E-state index contributed by atoms with van der Waals surface area (Å²) in [5.74, 6) is -3.14. The fourth-order valence-corrected chi connectivity index (χ4v) is 2.17. The second kappa shape index (κ2) is 6.78. The lowest BCUT2D eigenvalue weighted by atomic mass is 10.1. The number of halogens is 3. The molecule has 1 aromatic rings. The van der Waals surface area contributed by atoms with Gasteiger partial charge in [0.1, 0.15) is 0 Å². The fraction of sp³-hybridized carbons (Fsp3) is 0.643. The maximum absolute atomic E-state index is 13.9. The Bertz CT molecular complexity index is 417. The van der Waals surface area contributed by atoms with E-state index in [1.54, 1.807) is 4.90 Å². The minimum atomic E-state index is -1.25. The quantitative estimate of drug-likeness (QED) is 0.724. The van der Waals surface area contributed by atoms with E-state index in [1.165, 1.54) is 0 Å². The normalized spacial score (nSPS) is 11.4. The highest BCUT2D eigenvalue weighted by Crippen LogP contribution is 2.24. The van der Waals surface area contributed by atoms with E-state index < -0.39 is 17.6 Å². The van der Waals surface area contributed by atoms with Crippen molar-refractivity contribution in [2.45, 2.75) is 46.6 Å². The Balaban J connectivity index is 3.20. The molecule has 0 unspecified atom stereocenters. The average Bonchev–Trinajstić information content (AvgIpc) is 2.33. The molecule has 1 rings (SSSR count). The van der Waals surface area contributed by atoms with Crippen LogP contribution in [0.5, 0.6) is 0 Å². The Morgan fingerprint density at radius 3 is 2.16 bits per heavy atom. The molecule has 0 saturated heterocycles. The molecule has 0 aliphatic heterocycles. The molecule has 2 nitrogen and oxygen atoms in total. The first-order chi connectivity index (χ1) is 8.90. The van der Waals surface area contributed by atoms with E-state index >= 15 is 0 Å². The summed E-state index contributed by atoms with van der Waals surface area (Å²) in [6.45, 7) is 8.51. The van der Waals surface area contributed by atoms with Gasteiger partial charge in [-0.15, -0.1) is 0 Å². The van der Waals surface area contributed by atoms with E-state index in [0.717, 1.165) is 12.8 Å². The first-order valence-corrected chi connectivity index (χ1v) is 6.68. The van der Waals surface area contributed by atoms with Crippen LogP contribution < -0.4 is 4.90 Å². The SMILES string of the molecule is CCC(CC)N(CC(C)C)c1nc(F)c(F)cc1F. The summed E-state index contributed by atoms with van der Waals surface area (Å²) in [4.78, 5) is 5.19. The van der Waals surface area contributed by atoms with Crippen molar-refractivity contribution in [1.82, 2.24) is 4.98 Å². The third-order valence-corrected chi connectivity index (χ3v) is 3.09. The molecule has 0 aliphatic carbocycles. The molecule has 0 spiro atoms. The van der Waals surface area contributed by atoms with Crippen LogP contribution in [0.2, 0.25) is 0 Å². The summed E-state index contributed by atoms with van der Waals surface area (Å²) >= 11 is 0. The molecule has 19 heavy (non-hydrogen) atoms. The highest BCUT2D eigenvalue weighted by molar-refractivity contribution is 5.41. The van der Waals surface area contributed by atoms with Gasteiger partial charge in [-0.1, -0.05) is 27.7 Å². The van der Waals surface area contributed by atoms with E-state index in [0.29, 0.717) is 12.6 Å². The van der Waals surface area contributed by atoms with Crippen LogP contribution in [-0.2, 0) is 0 Å². The predicted octanol–water partition coefficient (Wildman–Crippen LogP) is 4.15. The van der Waals surface area contributed by atoms with Gasteiger partial charge in [-0.3, -0.25) is 0 Å². The molecule has 0 amide bonds. The fourth-order valence-electron chi connectivity index (χ4n) is 2.17. The minimum absolute atomic E-state index is 0.0641. The smallest absolute Gasteiger partial charge is 0.251 e. The van der Waals surface area contributed by atoms with Crippen LogP contribution in [0.15, 0.2) is 6.07 Å². The van der Waals surface area contributed by atoms with Gasteiger partial charge in [-0.05, 0) is 18.8 Å². The molecular weight excluding hydrogens is 253 g/mol. The number of anilines is 1. The minimum Gasteiger partial charge on any atom is -0.351 e. The number of hydrogen-bond acceptors (Lipinski definition) is 2. The predicted molar refractivity (Wildman–Crippen MR) is 70.7 cm³/mol. The number of nitrogens with zero attached hydrogens (tertiary/aromatic N) is 2. The van der Waals surface area contributed by atoms with Crippen molar-refractivity contribution in [3.63, 3.8) is 0 Å². The number of hydrogen-bond donors (Lipinski definition) is 0. The highest BCUT2D eigenvalue weighted by atomic mass is 19.2. The summed E-state index contributed by atoms with van der Waals surface area (Å²) in [6, 6.07) is 0.627. The Labute approximate surface area is 112 Å². The van der Waals surface area contributed by atoms with Crippen molar-refractivity contribution < 1.29 is 13.2 Å². The van der Waals surface area contributed by atoms with Crippen LogP contribution in [0.1, 0.15) is 40.5 Å². The molecule has 5 heteroatoms. The summed E-state index contributed by atoms with van der Waals surface area (Å²) in [5.41, 5.74) is 0. The zero-order chi connectivity index (χ0) is 14.6. The van der Waals surface area contributed by atoms with Crippen LogP contribution >= 0.6 is 0 Å². The van der Waals surface area contributed by atoms with Crippen LogP contribution in [-0.4, -0.2) is 17.6 Å². The van der Waals surface area contributed by atoms with Crippen LogP contribution in [0.25, 0.3) is 0 Å². The van der Waals surface area contributed by atoms with Gasteiger partial charge in [0.15, 0.2) is 17.5 Å². The van der Waals surface area contributed by atoms with Crippen molar-refractivity contribution in [2.24, 2.45) is 5.92 Å². The summed E-state index contributed by atoms with van der Waals surface area (Å²) < 4.78 is 40.1. The van der Waals surface area contributed by atoms with Gasteiger partial charge in [0.25, 0.3) is 5.95 Å². The molecule has 0 aromatic carbocycles. The summed E-state index contributed by atoms with van der Waals surface area (Å²) in [6.07, 6.45) is 1.59. The molecule has 0 aliphatic rings. The zero-order valence-electron chi connectivity index (χ0n) is 11.9. The number of pyridine rings is 1. The van der Waals surface area contributed by atoms with Crippen molar-refractivity contribution in [3.8, 4) is 0 Å². The molecule has 0 saturated carbocycles. The van der Waals surface area contributed by atoms with Crippen molar-refractivity contribution in [3.05, 3.63) is 23.6 Å². The first kappa shape index (κ1) is 15.8. The maximum atomic E-state index is 13.9. The van der Waals surface area contributed by atoms with E-state index in [-0.39, 0.29) is 17.8 Å². The lowest BCUT2D eigenvalue weighted by Gasteiger charge is -2.33. The average molecular weight is 274 g/mol. The zero-order valence-corrected chi connectivity index (χ0v) is 11.9. The lowest BCUT2D eigenvalue weighted by molar-refractivity contribution is 0.447. The Morgan fingerprint density at radius 1 is 1.11 bits per heavy atom. The molecule has 108 valence electrons. The Hall–Kier alpha value is -1.26. The lowest BCUT2D eigenvalue weighted by Crippen LogP contribution is -2.38. The molecule has 0 atom stereocenters. The number of rotatable bonds is 6. The van der Waals surface area contributed by atoms with Gasteiger partial charge >= 0.3 is 0 Å². The first-order valence-electron chi connectivity index (χ1n) is 6.68. The van der Waals surface area contributed by atoms with Gasteiger partial charge in [0.05, 0.1) is 0 Å². The summed E-state index contributed by atoms with van der Waals surface area (Å²) in [7, 11) is 0. The molecule has 0 bridgehead atoms. The van der Waals surface area contributed by atoms with Crippen LogP contribution in [0.4, 0.5) is 19.0 Å². The second-order valence-electron chi connectivity index (χ2n) is 5.08. The third kappa shape index (κ3) is 3.85. The van der Waals surface area contributed by atoms with Crippen molar-refractivity contribution >= 4 is 5.82 Å². The van der Waals surface area contributed by atoms with Gasteiger partial charge in [0.2, 0.25) is 0 Å². The standard InChI is InChI=1S/C14H21F3N2/c1-5-10(6-2)19(8-9(3)4)14-12(16)7-11(15)13(17)18-14/h7,9-10H,5-6,8H2,1-4H3. The molecule has 1 heterocycles. The molecular formula is C14H21F3N2. The van der Waals surface area contributed by atoms with Crippen molar-refractivity contribution in [1.29, 1.82) is 0 Å². The van der Waals surface area contributed by atoms with E-state index in [4.69, 9.17) is 0 Å². The largest absolute Gasteiger partial charge is 0.351 e. The monoisotopic (exact) mass is 274 g/mol. The van der Waals surface area contributed by atoms with Crippen LogP contribution in [0.3, 0.4) is 0 Å². The third-order valence-electron chi connectivity index (χ3n) is 3.09. The summed E-state index contributed by atoms with van der Waals surface area (Å²) in [5, 5.41) is 0. The molecule has 0 fully saturated rings. The maximum Gasteiger partial charge on any atom is 0.251 e. The van der Waals surface area contributed by atoms with E-state index in [9.17, 15) is 13.2 Å². The van der Waals surface area contributed by atoms with Crippen molar-refractivity contribution in [2.75, 3.05) is 11.4 Å². The highest BCUT2D eigenvalue weighted by Gasteiger charge is 2.23. The molecule has 0 radical (unpaired) electrons. The second-order valence-corrected chi connectivity index (χ2v) is 5.08. The topological polar surface area (TPSA) is 16.1 Å².